The van der Waals surface area contributed by atoms with Crippen LogP contribution in [-0.4, -0.2) is 31.2 Å². The molecule has 4 aromatic rings. The van der Waals surface area contributed by atoms with E-state index in [1.807, 2.05) is 30.3 Å². The second-order valence-electron chi connectivity index (χ2n) is 6.33. The lowest BCUT2D eigenvalue weighted by molar-refractivity contribution is 0.101. The molecule has 0 aliphatic rings. The molecule has 0 unspecified atom stereocenters. The highest BCUT2D eigenvalue weighted by Crippen LogP contribution is 2.23. The molecule has 30 heavy (non-hydrogen) atoms. The first-order valence-electron chi connectivity index (χ1n) is 9.02. The molecule has 2 aromatic heterocycles. The van der Waals surface area contributed by atoms with Crippen LogP contribution >= 0.6 is 0 Å². The first-order valence-corrected chi connectivity index (χ1v) is 10.5. The van der Waals surface area contributed by atoms with Gasteiger partial charge in [0.1, 0.15) is 11.4 Å². The van der Waals surface area contributed by atoms with E-state index < -0.39 is 15.9 Å². The molecule has 2 N–H and O–H groups in total. The predicted molar refractivity (Wildman–Crippen MR) is 112 cm³/mol. The van der Waals surface area contributed by atoms with E-state index in [1.54, 1.807) is 18.2 Å². The highest BCUT2D eigenvalue weighted by Gasteiger charge is 2.19. The average Bonchev–Trinajstić information content (AvgIpc) is 3.45. The highest BCUT2D eigenvalue weighted by atomic mass is 32.2. The number of sulfonamides is 1. The molecule has 0 bridgehead atoms. The Bertz CT molecular complexity index is 1260. The van der Waals surface area contributed by atoms with Crippen molar-refractivity contribution in [1.29, 1.82) is 0 Å². The number of para-hydroxylation sites is 1. The van der Waals surface area contributed by atoms with Crippen LogP contribution in [0, 0.1) is 0 Å². The van der Waals surface area contributed by atoms with Crippen molar-refractivity contribution < 1.29 is 17.6 Å². The molecule has 2 aromatic carbocycles. The summed E-state index contributed by atoms with van der Waals surface area (Å²) >= 11 is 0. The Kier molecular flexibility index (Phi) is 5.21. The standard InChI is InChI=1S/C21H18N4O4S/c1-22-30(27,28)17-11-9-15(10-12-17)23-21(26)19-14-18(20-8-5-13-29-20)24-25(19)16-6-3-2-4-7-16/h2-14,22H,1H3,(H,23,26). The molecule has 0 radical (unpaired) electrons. The van der Waals surface area contributed by atoms with Gasteiger partial charge in [0.15, 0.2) is 5.76 Å². The Labute approximate surface area is 173 Å². The number of nitrogens with one attached hydrogen (secondary N) is 2. The van der Waals surface area contributed by atoms with Gasteiger partial charge in [0.2, 0.25) is 10.0 Å². The van der Waals surface area contributed by atoms with Crippen molar-refractivity contribution in [3.63, 3.8) is 0 Å². The number of hydrogen-bond acceptors (Lipinski definition) is 5. The van der Waals surface area contributed by atoms with Crippen molar-refractivity contribution >= 4 is 21.6 Å². The smallest absolute Gasteiger partial charge is 0.274 e. The van der Waals surface area contributed by atoms with Gasteiger partial charge < -0.3 is 9.73 Å². The molecular weight excluding hydrogens is 404 g/mol. The number of carbonyl (C=O) groups excluding carboxylic acids is 1. The minimum absolute atomic E-state index is 0.109. The van der Waals surface area contributed by atoms with Crippen molar-refractivity contribution in [2.45, 2.75) is 4.90 Å². The number of furan rings is 1. The monoisotopic (exact) mass is 422 g/mol. The first kappa shape index (κ1) is 19.6. The van der Waals surface area contributed by atoms with Crippen LogP contribution in [0.1, 0.15) is 10.5 Å². The third kappa shape index (κ3) is 3.88. The fourth-order valence-electron chi connectivity index (χ4n) is 2.88. The number of carbonyl (C=O) groups is 1. The SMILES string of the molecule is CNS(=O)(=O)c1ccc(NC(=O)c2cc(-c3ccco3)nn2-c2ccccc2)cc1. The zero-order valence-corrected chi connectivity index (χ0v) is 16.8. The van der Waals surface area contributed by atoms with Crippen LogP contribution in [0.15, 0.2) is 88.4 Å². The molecule has 1 amide bonds. The van der Waals surface area contributed by atoms with Gasteiger partial charge in [-0.2, -0.15) is 5.10 Å². The summed E-state index contributed by atoms with van der Waals surface area (Å²) in [5, 5.41) is 7.30. The summed E-state index contributed by atoms with van der Waals surface area (Å²) in [4.78, 5) is 13.1. The summed E-state index contributed by atoms with van der Waals surface area (Å²) in [5.41, 5.74) is 2.00. The molecule has 0 fully saturated rings. The maximum absolute atomic E-state index is 13.0. The van der Waals surface area contributed by atoms with Crippen molar-refractivity contribution in [3.05, 3.63) is 84.8 Å². The van der Waals surface area contributed by atoms with Gasteiger partial charge in [-0.15, -0.1) is 0 Å². The summed E-state index contributed by atoms with van der Waals surface area (Å²) in [6.45, 7) is 0. The van der Waals surface area contributed by atoms with E-state index in [4.69, 9.17) is 4.42 Å². The van der Waals surface area contributed by atoms with Crippen LogP contribution in [-0.2, 0) is 10.0 Å². The van der Waals surface area contributed by atoms with Crippen molar-refractivity contribution in [3.8, 4) is 17.1 Å². The molecule has 0 atom stereocenters. The molecule has 0 aliphatic carbocycles. The molecule has 4 rings (SSSR count). The molecule has 152 valence electrons. The number of anilines is 1. The van der Waals surface area contributed by atoms with E-state index in [-0.39, 0.29) is 4.90 Å². The lowest BCUT2D eigenvalue weighted by Crippen LogP contribution is -2.19. The topological polar surface area (TPSA) is 106 Å². The number of hydrogen-bond donors (Lipinski definition) is 2. The fraction of sp³-hybridized carbons (Fsp3) is 0.0476. The fourth-order valence-corrected chi connectivity index (χ4v) is 3.61. The van der Waals surface area contributed by atoms with E-state index in [0.717, 1.165) is 5.69 Å². The second kappa shape index (κ2) is 7.97. The Hall–Kier alpha value is -3.69. The van der Waals surface area contributed by atoms with Crippen LogP contribution in [0.5, 0.6) is 0 Å². The summed E-state index contributed by atoms with van der Waals surface area (Å²) in [6.07, 6.45) is 1.54. The maximum Gasteiger partial charge on any atom is 0.274 e. The predicted octanol–water partition coefficient (Wildman–Crippen LogP) is 3.29. The normalized spacial score (nSPS) is 11.4. The van der Waals surface area contributed by atoms with E-state index in [1.165, 1.54) is 42.3 Å². The number of amides is 1. The quantitative estimate of drug-likeness (QED) is 0.496. The Balaban J connectivity index is 1.66. The third-order valence-corrected chi connectivity index (χ3v) is 5.84. The minimum atomic E-state index is -3.55. The number of aromatic nitrogens is 2. The van der Waals surface area contributed by atoms with Gasteiger partial charge in [0, 0.05) is 11.8 Å². The highest BCUT2D eigenvalue weighted by molar-refractivity contribution is 7.89. The van der Waals surface area contributed by atoms with Crippen LogP contribution in [0.4, 0.5) is 5.69 Å². The molecule has 8 nitrogen and oxygen atoms in total. The minimum Gasteiger partial charge on any atom is -0.463 e. The van der Waals surface area contributed by atoms with Gasteiger partial charge in [-0.1, -0.05) is 18.2 Å². The Morgan fingerprint density at radius 2 is 1.73 bits per heavy atom. The second-order valence-corrected chi connectivity index (χ2v) is 8.21. The van der Waals surface area contributed by atoms with Gasteiger partial charge in [-0.25, -0.2) is 17.8 Å². The molecule has 2 heterocycles. The Morgan fingerprint density at radius 1 is 1.00 bits per heavy atom. The summed E-state index contributed by atoms with van der Waals surface area (Å²) in [6, 6.07) is 20.3. The summed E-state index contributed by atoms with van der Waals surface area (Å²) in [7, 11) is -2.21. The summed E-state index contributed by atoms with van der Waals surface area (Å²) in [5.74, 6) is 0.147. The molecule has 0 saturated heterocycles. The first-order chi connectivity index (χ1) is 14.5. The van der Waals surface area contributed by atoms with Crippen molar-refractivity contribution in [2.24, 2.45) is 0 Å². The van der Waals surface area contributed by atoms with Gasteiger partial charge in [0.05, 0.1) is 16.8 Å². The molecule has 0 spiro atoms. The van der Waals surface area contributed by atoms with Crippen LogP contribution < -0.4 is 10.0 Å². The number of rotatable bonds is 6. The van der Waals surface area contributed by atoms with E-state index in [9.17, 15) is 13.2 Å². The lowest BCUT2D eigenvalue weighted by atomic mass is 10.2. The van der Waals surface area contributed by atoms with E-state index >= 15 is 0 Å². The summed E-state index contributed by atoms with van der Waals surface area (Å²) < 4.78 is 32.9. The van der Waals surface area contributed by atoms with Crippen LogP contribution in [0.3, 0.4) is 0 Å². The van der Waals surface area contributed by atoms with Gasteiger partial charge in [-0.3, -0.25) is 4.79 Å². The molecule has 0 aliphatic heterocycles. The van der Waals surface area contributed by atoms with Gasteiger partial charge in [-0.05, 0) is 55.6 Å². The zero-order valence-electron chi connectivity index (χ0n) is 15.9. The maximum atomic E-state index is 13.0. The molecule has 9 heteroatoms. The largest absolute Gasteiger partial charge is 0.463 e. The van der Waals surface area contributed by atoms with Gasteiger partial charge >= 0.3 is 0 Å². The number of nitrogens with zero attached hydrogens (tertiary/aromatic N) is 2. The lowest BCUT2D eigenvalue weighted by Gasteiger charge is -2.09. The van der Waals surface area contributed by atoms with E-state index in [2.05, 4.69) is 15.1 Å². The third-order valence-electron chi connectivity index (χ3n) is 4.41. The average molecular weight is 422 g/mol. The van der Waals surface area contributed by atoms with E-state index in [0.29, 0.717) is 22.8 Å². The zero-order chi connectivity index (χ0) is 21.1. The van der Waals surface area contributed by atoms with Crippen molar-refractivity contribution in [2.75, 3.05) is 12.4 Å². The Morgan fingerprint density at radius 3 is 2.37 bits per heavy atom. The van der Waals surface area contributed by atoms with Crippen molar-refractivity contribution in [1.82, 2.24) is 14.5 Å². The molecule has 0 saturated carbocycles. The van der Waals surface area contributed by atoms with Crippen LogP contribution in [0.2, 0.25) is 0 Å². The van der Waals surface area contributed by atoms with Crippen LogP contribution in [0.25, 0.3) is 17.1 Å². The molecular formula is C21H18N4O4S. The number of benzene rings is 2. The van der Waals surface area contributed by atoms with Gasteiger partial charge in [0.25, 0.3) is 5.91 Å².